The highest BCUT2D eigenvalue weighted by Crippen LogP contribution is 2.33. The van der Waals surface area contributed by atoms with E-state index < -0.39 is 10.0 Å². The quantitative estimate of drug-likeness (QED) is 0.869. The molecule has 2 heterocycles. The summed E-state index contributed by atoms with van der Waals surface area (Å²) in [6, 6.07) is 7.74. The molecule has 1 N–H and O–H groups in total. The standard InChI is InChI=1S/C17H23N3O2S.ClH/c1-3-14-5-7-15(8-6-14)16-13(2)17(19-23(16,21)22)20-11-4-9-18-10-12-20;/h5-8,18H,3-4,9-12H2,1-2H3;1H. The number of rotatable bonds is 2. The molecule has 5 nitrogen and oxygen atoms in total. The highest BCUT2D eigenvalue weighted by molar-refractivity contribution is 8.00. The number of benzene rings is 1. The number of hydrogen-bond acceptors (Lipinski definition) is 4. The fourth-order valence-corrected chi connectivity index (χ4v) is 4.62. The molecule has 1 aromatic carbocycles. The van der Waals surface area contributed by atoms with Gasteiger partial charge in [0.15, 0.2) is 0 Å². The summed E-state index contributed by atoms with van der Waals surface area (Å²) in [5.41, 5.74) is 2.68. The van der Waals surface area contributed by atoms with Crippen LogP contribution in [-0.2, 0) is 16.4 Å². The number of sulfonamides is 1. The molecular weight excluding hydrogens is 346 g/mol. The van der Waals surface area contributed by atoms with Gasteiger partial charge in [0.25, 0.3) is 10.0 Å². The van der Waals surface area contributed by atoms with Crippen molar-refractivity contribution in [2.24, 2.45) is 4.40 Å². The molecule has 0 saturated carbocycles. The minimum absolute atomic E-state index is 0. The van der Waals surface area contributed by atoms with Crippen LogP contribution in [0.3, 0.4) is 0 Å². The van der Waals surface area contributed by atoms with Gasteiger partial charge >= 0.3 is 0 Å². The zero-order valence-electron chi connectivity index (χ0n) is 14.1. The number of nitrogens with zero attached hydrogens (tertiary/aromatic N) is 2. The van der Waals surface area contributed by atoms with Crippen LogP contribution in [0, 0.1) is 0 Å². The topological polar surface area (TPSA) is 61.8 Å². The molecule has 0 amide bonds. The highest BCUT2D eigenvalue weighted by Gasteiger charge is 2.33. The maximum absolute atomic E-state index is 12.6. The Labute approximate surface area is 150 Å². The van der Waals surface area contributed by atoms with E-state index in [0.717, 1.165) is 50.2 Å². The van der Waals surface area contributed by atoms with Crippen molar-refractivity contribution in [2.75, 3.05) is 26.2 Å². The van der Waals surface area contributed by atoms with Gasteiger partial charge in [-0.05, 0) is 37.4 Å². The first-order chi connectivity index (χ1) is 11.0. The second-order valence-electron chi connectivity index (χ2n) is 5.99. The molecule has 0 atom stereocenters. The Balaban J connectivity index is 0.00000208. The lowest BCUT2D eigenvalue weighted by Crippen LogP contribution is -2.34. The van der Waals surface area contributed by atoms with Crippen molar-refractivity contribution in [3.63, 3.8) is 0 Å². The number of nitrogens with one attached hydrogen (secondary N) is 1. The number of amidine groups is 1. The third-order valence-electron chi connectivity index (χ3n) is 4.40. The van der Waals surface area contributed by atoms with Crippen LogP contribution in [0.15, 0.2) is 34.2 Å². The fraction of sp³-hybridized carbons (Fsp3) is 0.471. The average Bonchev–Trinajstić information content (AvgIpc) is 2.74. The molecule has 1 saturated heterocycles. The lowest BCUT2D eigenvalue weighted by atomic mass is 10.1. The second kappa shape index (κ2) is 7.68. The molecule has 2 aliphatic heterocycles. The van der Waals surface area contributed by atoms with E-state index in [2.05, 4.69) is 21.5 Å². The number of aryl methyl sites for hydroxylation is 1. The van der Waals surface area contributed by atoms with Gasteiger partial charge in [0.05, 0.1) is 0 Å². The van der Waals surface area contributed by atoms with Crippen molar-refractivity contribution in [2.45, 2.75) is 26.7 Å². The van der Waals surface area contributed by atoms with E-state index in [-0.39, 0.29) is 12.4 Å². The van der Waals surface area contributed by atoms with Gasteiger partial charge in [-0.25, -0.2) is 0 Å². The molecule has 0 spiro atoms. The Kier molecular flexibility index (Phi) is 6.06. The molecule has 0 aliphatic carbocycles. The number of hydrogen-bond donors (Lipinski definition) is 1. The fourth-order valence-electron chi connectivity index (χ4n) is 3.13. The molecule has 0 aromatic heterocycles. The zero-order chi connectivity index (χ0) is 16.4. The molecule has 24 heavy (non-hydrogen) atoms. The molecule has 7 heteroatoms. The Morgan fingerprint density at radius 3 is 2.54 bits per heavy atom. The average molecular weight is 370 g/mol. The van der Waals surface area contributed by atoms with Gasteiger partial charge in [0.1, 0.15) is 10.7 Å². The molecule has 3 rings (SSSR count). The monoisotopic (exact) mass is 369 g/mol. The molecular formula is C17H24ClN3O2S. The summed E-state index contributed by atoms with van der Waals surface area (Å²) in [5.74, 6) is 0.614. The van der Waals surface area contributed by atoms with Crippen molar-refractivity contribution >= 4 is 33.2 Å². The summed E-state index contributed by atoms with van der Waals surface area (Å²) in [5, 5.41) is 3.33. The van der Waals surface area contributed by atoms with Gasteiger partial charge in [0, 0.05) is 25.2 Å². The zero-order valence-corrected chi connectivity index (χ0v) is 15.7. The first-order valence-electron chi connectivity index (χ1n) is 8.14. The largest absolute Gasteiger partial charge is 0.354 e. The van der Waals surface area contributed by atoms with E-state index >= 15 is 0 Å². The van der Waals surface area contributed by atoms with Crippen LogP contribution < -0.4 is 5.32 Å². The maximum atomic E-state index is 12.6. The van der Waals surface area contributed by atoms with Crippen LogP contribution in [-0.4, -0.2) is 45.3 Å². The molecule has 1 fully saturated rings. The van der Waals surface area contributed by atoms with Gasteiger partial charge < -0.3 is 10.2 Å². The first kappa shape index (κ1) is 19.0. The van der Waals surface area contributed by atoms with Crippen LogP contribution in [0.25, 0.3) is 4.91 Å². The van der Waals surface area contributed by atoms with E-state index in [1.54, 1.807) is 0 Å². The van der Waals surface area contributed by atoms with Crippen molar-refractivity contribution < 1.29 is 8.42 Å². The smallest absolute Gasteiger partial charge is 0.285 e. The Morgan fingerprint density at radius 1 is 1.17 bits per heavy atom. The summed E-state index contributed by atoms with van der Waals surface area (Å²) in [6.45, 7) is 7.39. The van der Waals surface area contributed by atoms with Gasteiger partial charge in [-0.3, -0.25) is 0 Å². The predicted octanol–water partition coefficient (Wildman–Crippen LogP) is 2.44. The van der Waals surface area contributed by atoms with Crippen LogP contribution >= 0.6 is 12.4 Å². The summed E-state index contributed by atoms with van der Waals surface area (Å²) in [7, 11) is -3.61. The van der Waals surface area contributed by atoms with Gasteiger partial charge in [-0.15, -0.1) is 16.8 Å². The SMILES string of the molecule is CCc1ccc(C2=C(C)C(N3CCCNCC3)=NS2(=O)=O)cc1.Cl. The van der Waals surface area contributed by atoms with E-state index in [1.165, 1.54) is 5.56 Å². The second-order valence-corrected chi connectivity index (χ2v) is 7.53. The normalized spacial score (nSPS) is 20.4. The van der Waals surface area contributed by atoms with Crippen LogP contribution in [0.2, 0.25) is 0 Å². The molecule has 1 aromatic rings. The summed E-state index contributed by atoms with van der Waals surface area (Å²) < 4.78 is 29.2. The van der Waals surface area contributed by atoms with Crippen molar-refractivity contribution in [1.82, 2.24) is 10.2 Å². The van der Waals surface area contributed by atoms with E-state index in [0.29, 0.717) is 10.7 Å². The van der Waals surface area contributed by atoms with Crippen molar-refractivity contribution in [1.29, 1.82) is 0 Å². The molecule has 132 valence electrons. The van der Waals surface area contributed by atoms with E-state index in [4.69, 9.17) is 0 Å². The number of halogens is 1. The molecule has 0 bridgehead atoms. The molecule has 2 aliphatic rings. The van der Waals surface area contributed by atoms with Crippen molar-refractivity contribution in [3.8, 4) is 0 Å². The third kappa shape index (κ3) is 3.66. The molecule has 0 unspecified atom stereocenters. The minimum Gasteiger partial charge on any atom is -0.354 e. The minimum atomic E-state index is -3.61. The summed E-state index contributed by atoms with van der Waals surface area (Å²) in [6.07, 6.45) is 1.93. The first-order valence-corrected chi connectivity index (χ1v) is 9.58. The third-order valence-corrected chi connectivity index (χ3v) is 5.88. The van der Waals surface area contributed by atoms with Gasteiger partial charge in [0.2, 0.25) is 0 Å². The van der Waals surface area contributed by atoms with Crippen LogP contribution in [0.4, 0.5) is 0 Å². The summed E-state index contributed by atoms with van der Waals surface area (Å²) in [4.78, 5) is 2.44. The van der Waals surface area contributed by atoms with Crippen LogP contribution in [0.5, 0.6) is 0 Å². The van der Waals surface area contributed by atoms with Crippen LogP contribution in [0.1, 0.15) is 31.4 Å². The van der Waals surface area contributed by atoms with Crippen molar-refractivity contribution in [3.05, 3.63) is 41.0 Å². The Morgan fingerprint density at radius 2 is 1.88 bits per heavy atom. The highest BCUT2D eigenvalue weighted by atomic mass is 35.5. The summed E-state index contributed by atoms with van der Waals surface area (Å²) >= 11 is 0. The van der Waals surface area contributed by atoms with Gasteiger partial charge in [-0.1, -0.05) is 31.2 Å². The predicted molar refractivity (Wildman–Crippen MR) is 101 cm³/mol. The maximum Gasteiger partial charge on any atom is 0.285 e. The Bertz CT molecular complexity index is 747. The van der Waals surface area contributed by atoms with E-state index in [1.807, 2.05) is 31.2 Å². The lowest BCUT2D eigenvalue weighted by molar-refractivity contribution is 0.447. The molecule has 0 radical (unpaired) electrons. The Hall–Kier alpha value is -1.37. The van der Waals surface area contributed by atoms with Gasteiger partial charge in [-0.2, -0.15) is 8.42 Å². The lowest BCUT2D eigenvalue weighted by Gasteiger charge is -2.22. The van der Waals surface area contributed by atoms with E-state index in [9.17, 15) is 8.42 Å².